The molecule has 0 aromatic heterocycles. The van der Waals surface area contributed by atoms with Gasteiger partial charge in [-0.2, -0.15) is 9.59 Å². The van der Waals surface area contributed by atoms with Crippen molar-refractivity contribution >= 4 is 64.6 Å². The van der Waals surface area contributed by atoms with Crippen molar-refractivity contribution < 1.29 is 98.0 Å². The minimum Gasteiger partial charge on any atom is -0.570 e. The van der Waals surface area contributed by atoms with Gasteiger partial charge in [0.05, 0.1) is 11.4 Å². The maximum absolute atomic E-state index is 12.1. The third-order valence-electron chi connectivity index (χ3n) is 16.3. The molecule has 3 amide bonds. The van der Waals surface area contributed by atoms with Crippen LogP contribution >= 0.6 is 0 Å². The van der Waals surface area contributed by atoms with Crippen LogP contribution in [0.1, 0.15) is 149 Å². The van der Waals surface area contributed by atoms with E-state index in [2.05, 4.69) is 117 Å². The Bertz CT molecular complexity index is 3980. The van der Waals surface area contributed by atoms with E-state index in [0.717, 1.165) is 99.3 Å². The summed E-state index contributed by atoms with van der Waals surface area (Å²) in [6.07, 6.45) is 39.7. The van der Waals surface area contributed by atoms with Crippen LogP contribution in [0.15, 0.2) is 259 Å². The van der Waals surface area contributed by atoms with Gasteiger partial charge in [-0.05, 0) is 241 Å². The number of aliphatic hydroxyl groups excluding tert-OH is 1. The van der Waals surface area contributed by atoms with Crippen LogP contribution in [0.4, 0.5) is 17.1 Å². The van der Waals surface area contributed by atoms with Crippen molar-refractivity contribution in [3.8, 4) is 17.2 Å². The fourth-order valence-corrected chi connectivity index (χ4v) is 10.6. The van der Waals surface area contributed by atoms with Gasteiger partial charge in [0.15, 0.2) is 5.78 Å². The number of anilines is 3. The zero-order chi connectivity index (χ0) is 77.3. The number of carbonyl (C=O) groups excluding carboxylic acids is 7. The maximum atomic E-state index is 12.1. The molecule has 550 valence electrons. The van der Waals surface area contributed by atoms with Crippen LogP contribution in [0.25, 0.3) is 0 Å². The number of aliphatic hydroxyl groups is 1. The Morgan fingerprint density at radius 1 is 0.510 bits per heavy atom. The number of hydrogen-bond acceptors (Lipinski definition) is 16. The number of amides is 3. The minimum absolute atomic E-state index is 0. The Labute approximate surface area is 637 Å². The van der Waals surface area contributed by atoms with Gasteiger partial charge in [0, 0.05) is 48.3 Å². The first-order chi connectivity index (χ1) is 48.6. The van der Waals surface area contributed by atoms with Crippen LogP contribution in [0.2, 0.25) is 0 Å². The Hall–Kier alpha value is -10.0. The summed E-state index contributed by atoms with van der Waals surface area (Å²) < 4.78 is 4.52. The average molecular weight is 1430 g/mol. The summed E-state index contributed by atoms with van der Waals surface area (Å²) in [5.41, 5.74) is 16.0. The van der Waals surface area contributed by atoms with Gasteiger partial charge in [-0.15, -0.1) is 12.3 Å². The second kappa shape index (κ2) is 48.0. The number of benzene rings is 3. The van der Waals surface area contributed by atoms with E-state index >= 15 is 0 Å². The molecule has 0 heterocycles. The van der Waals surface area contributed by atoms with Gasteiger partial charge in [-0.3, -0.25) is 24.0 Å². The molecule has 3 aromatic carbocycles. The molecule has 20 heteroatoms. The number of nitrogens with zero attached hydrogens (tertiary/aromatic N) is 2. The number of phenolic OH excluding ortho intramolecular Hbond substituents is 3. The maximum Gasteiger partial charge on any atom is 1.00 e. The zero-order valence-electron chi connectivity index (χ0n) is 63.5. The smallest absolute Gasteiger partial charge is 0.570 e. The Kier molecular flexibility index (Phi) is 42.5. The first kappa shape index (κ1) is 92.0. The summed E-state index contributed by atoms with van der Waals surface area (Å²) in [6, 6.07) is 19.0. The Morgan fingerprint density at radius 2 is 0.798 bits per heavy atom. The number of hydrogen-bond donors (Lipinski definition) is 7. The van der Waals surface area contributed by atoms with Gasteiger partial charge in [0.25, 0.3) is 13.3 Å². The molecule has 0 bridgehead atoms. The number of aromatic hydroxyl groups is 3. The van der Waals surface area contributed by atoms with Crippen molar-refractivity contribution in [1.82, 2.24) is 0 Å². The van der Waals surface area contributed by atoms with E-state index < -0.39 is 0 Å². The summed E-state index contributed by atoms with van der Waals surface area (Å²) in [6.45, 7) is 33.0. The summed E-state index contributed by atoms with van der Waals surface area (Å²) in [7, 11) is 3.36. The number of oxime groups is 2. The number of Topliss-reactive ketones (excluding diaryl/α,β-unsaturated/α-hetero) is 1. The summed E-state index contributed by atoms with van der Waals surface area (Å²) in [5.74, 6) is 0.0221. The molecule has 3 aliphatic carbocycles. The third kappa shape index (κ3) is 35.7. The monoisotopic (exact) mass is 1430 g/mol. The van der Waals surface area contributed by atoms with Gasteiger partial charge >= 0.3 is 35.7 Å². The van der Waals surface area contributed by atoms with E-state index in [1.165, 1.54) is 65.8 Å². The predicted molar refractivity (Wildman–Crippen MR) is 412 cm³/mol. The molecule has 0 spiro atoms. The normalized spacial score (nSPS) is 17.1. The van der Waals surface area contributed by atoms with Crippen molar-refractivity contribution in [2.45, 2.75) is 149 Å². The quantitative estimate of drug-likeness (QED) is 0.00535. The second-order valence-electron chi connectivity index (χ2n) is 26.4. The van der Waals surface area contributed by atoms with Crippen LogP contribution in [-0.4, -0.2) is 81.4 Å². The third-order valence-corrected chi connectivity index (χ3v) is 16.3. The van der Waals surface area contributed by atoms with Crippen molar-refractivity contribution in [1.29, 1.82) is 0 Å². The molecular formula is C84H104N5NaO14. The van der Waals surface area contributed by atoms with Gasteiger partial charge < -0.3 is 50.8 Å². The van der Waals surface area contributed by atoms with Crippen LogP contribution in [0.5, 0.6) is 17.2 Å². The summed E-state index contributed by atoms with van der Waals surface area (Å²) in [4.78, 5) is 84.7. The largest absolute Gasteiger partial charge is 1.00 e. The number of rotatable bonds is 23. The number of carbonyl (C=O) groups is 5. The van der Waals surface area contributed by atoms with E-state index in [9.17, 15) is 39.3 Å². The summed E-state index contributed by atoms with van der Waals surface area (Å²) in [5, 5.41) is 51.9. The van der Waals surface area contributed by atoms with Gasteiger partial charge in [-0.1, -0.05) is 155 Å². The first-order valence-corrected chi connectivity index (χ1v) is 33.6. The minimum atomic E-state index is -0.237. The molecule has 0 unspecified atom stereocenters. The van der Waals surface area contributed by atoms with Crippen LogP contribution < -0.4 is 45.5 Å². The SMILES string of the molecule is CC1=C(/C=C/C(C)=C/C=C/C(C)=C/C(=O)Nc2ccc(O)cc2)C(C)(C)CC/C1=N\OCOC=O.CC1=C(/C=C/C(C)=C/C=C/C(C)=C/C(=O)Nc2ccc(O)cc2)C(C)(C)CCC1=O.CCO.O=C=O.[CH2-]O/N=C1\CCC(C)(C)C(/C=C/C(C)=C/C=C/C(C)=C/C(=O)Nc2ccc(O)cc2)=C1C.[Na+]. The molecule has 0 saturated carbocycles. The number of nitrogens with one attached hydrogen (secondary N) is 3. The van der Waals surface area contributed by atoms with Crippen LogP contribution in [-0.2, 0) is 48.0 Å². The predicted octanol–water partition coefficient (Wildman–Crippen LogP) is 15.1. The molecule has 0 aliphatic heterocycles. The number of allylic oxidation sites excluding steroid dienone is 27. The molecule has 7 N–H and O–H groups in total. The molecule has 0 saturated heterocycles. The number of ether oxygens (including phenoxy) is 1. The van der Waals surface area contributed by atoms with E-state index in [-0.39, 0.29) is 106 Å². The Balaban J connectivity index is 0.000000748. The van der Waals surface area contributed by atoms with E-state index in [1.807, 2.05) is 116 Å². The van der Waals surface area contributed by atoms with E-state index in [4.69, 9.17) is 24.4 Å². The van der Waals surface area contributed by atoms with Crippen molar-refractivity contribution in [3.05, 3.63) is 256 Å². The van der Waals surface area contributed by atoms with Crippen molar-refractivity contribution in [2.75, 3.05) is 29.4 Å². The first-order valence-electron chi connectivity index (χ1n) is 33.6. The van der Waals surface area contributed by atoms with Crippen molar-refractivity contribution in [2.24, 2.45) is 26.6 Å². The fraction of sp³-hybridized carbons (Fsp3) is 0.321. The second-order valence-corrected chi connectivity index (χ2v) is 26.4. The van der Waals surface area contributed by atoms with Gasteiger partial charge in [0.1, 0.15) is 17.2 Å². The van der Waals surface area contributed by atoms with Crippen molar-refractivity contribution in [3.63, 3.8) is 0 Å². The molecular weight excluding hydrogens is 1330 g/mol. The van der Waals surface area contributed by atoms with Crippen LogP contribution in [0, 0.1) is 23.4 Å². The standard InChI is InChI=1S/C28H34N2O5.C27H33N2O3.C26H31NO3.C2H6O.CO2.Na/c1-20(7-6-8-21(2)17-27(33)29-23-10-12-24(32)13-11-23)9-14-25-22(3)26(15-16-28(25,4)5)30-35-19-34-18-31;1-19(10-15-24-21(3)25(29-32-6)16-17-27(24,4)5)8-7-9-20(2)18-26(31)28-22-11-13-23(30)14-12-22;1-18(9-14-23-20(3)24(29)15-16-26(23,4)5)7-6-8-19(2)17-25(30)27-21-10-12-22(28)13-11-21;1-2-3;2-1-3;/h6-14,17-18,32H,15-16,19H2,1-5H3,(H,29,33);7-15,18,30H,6,16-17H2,1-5H3,(H,28,31);6-14,17,28H,15-16H2,1-5H3,(H,27,30);3H,2H2,1H3;;/q;-1;;;;+1/b8-6+,14-9+,20-7+,21-17+,30-26+;9-7+,15-10+,19-8+,20-18+,29-25+;8-6+,14-9+,18-7+,19-17+;;;. The molecule has 3 aromatic rings. The van der Waals surface area contributed by atoms with E-state index in [1.54, 1.807) is 43.3 Å². The molecule has 0 radical (unpaired) electrons. The molecule has 0 atom stereocenters. The molecule has 6 rings (SSSR count). The molecule has 0 fully saturated rings. The molecule has 3 aliphatic rings. The average Bonchev–Trinajstić information content (AvgIpc) is 0.810. The fourth-order valence-electron chi connectivity index (χ4n) is 10.6. The zero-order valence-corrected chi connectivity index (χ0v) is 65.5. The summed E-state index contributed by atoms with van der Waals surface area (Å²) >= 11 is 0. The van der Waals surface area contributed by atoms with Gasteiger partial charge in [-0.25, -0.2) is 0 Å². The molecule has 104 heavy (non-hydrogen) atoms. The van der Waals surface area contributed by atoms with Gasteiger partial charge in [0.2, 0.25) is 17.7 Å². The topological polar surface area (TPSA) is 289 Å². The molecule has 19 nitrogen and oxygen atoms in total. The van der Waals surface area contributed by atoms with Crippen LogP contribution in [0.3, 0.4) is 0 Å². The van der Waals surface area contributed by atoms with E-state index in [0.29, 0.717) is 30.0 Å². The Morgan fingerprint density at radius 3 is 1.10 bits per heavy atom. The number of ketones is 1. The number of phenols is 3.